The molecule has 3 aromatic rings. The Labute approximate surface area is 125 Å². The fourth-order valence-electron chi connectivity index (χ4n) is 2.10. The SMILES string of the molecule is CCCn1cnc2cc(-c3ccc(Cl)cc3)sc2c1=O. The maximum atomic E-state index is 12.3. The monoisotopic (exact) mass is 304 g/mol. The zero-order valence-electron chi connectivity index (χ0n) is 11.0. The van der Waals surface area contributed by atoms with Crippen molar-refractivity contribution in [2.24, 2.45) is 0 Å². The van der Waals surface area contributed by atoms with E-state index in [2.05, 4.69) is 4.98 Å². The van der Waals surface area contributed by atoms with E-state index >= 15 is 0 Å². The van der Waals surface area contributed by atoms with Gasteiger partial charge in [0.25, 0.3) is 5.56 Å². The molecule has 2 heterocycles. The van der Waals surface area contributed by atoms with E-state index < -0.39 is 0 Å². The van der Waals surface area contributed by atoms with Gasteiger partial charge in [-0.15, -0.1) is 11.3 Å². The molecule has 0 aliphatic carbocycles. The van der Waals surface area contributed by atoms with E-state index in [1.165, 1.54) is 11.3 Å². The molecule has 0 amide bonds. The van der Waals surface area contributed by atoms with Crippen LogP contribution in [-0.4, -0.2) is 9.55 Å². The molecule has 0 saturated heterocycles. The number of fused-ring (bicyclic) bond motifs is 1. The number of aromatic nitrogens is 2. The molecule has 0 fully saturated rings. The van der Waals surface area contributed by atoms with Crippen molar-refractivity contribution in [2.45, 2.75) is 19.9 Å². The average molecular weight is 305 g/mol. The third kappa shape index (κ3) is 2.37. The average Bonchev–Trinajstić information content (AvgIpc) is 2.88. The molecule has 3 rings (SSSR count). The van der Waals surface area contributed by atoms with Crippen molar-refractivity contribution in [3.63, 3.8) is 0 Å². The van der Waals surface area contributed by atoms with Crippen molar-refractivity contribution in [3.05, 3.63) is 52.0 Å². The van der Waals surface area contributed by atoms with Gasteiger partial charge in [-0.3, -0.25) is 9.36 Å². The van der Waals surface area contributed by atoms with Gasteiger partial charge in [-0.05, 0) is 30.2 Å². The highest BCUT2D eigenvalue weighted by Crippen LogP contribution is 2.31. The summed E-state index contributed by atoms with van der Waals surface area (Å²) in [6.07, 6.45) is 2.55. The van der Waals surface area contributed by atoms with Gasteiger partial charge in [-0.25, -0.2) is 4.98 Å². The normalized spacial score (nSPS) is 11.1. The third-order valence-corrected chi connectivity index (χ3v) is 4.51. The van der Waals surface area contributed by atoms with Crippen molar-refractivity contribution >= 4 is 33.2 Å². The second kappa shape index (κ2) is 5.38. The molecule has 0 atom stereocenters. The topological polar surface area (TPSA) is 34.9 Å². The number of rotatable bonds is 3. The first-order valence-corrected chi connectivity index (χ1v) is 7.63. The highest BCUT2D eigenvalue weighted by Gasteiger charge is 2.10. The summed E-state index contributed by atoms with van der Waals surface area (Å²) in [6, 6.07) is 9.57. The van der Waals surface area contributed by atoms with Gasteiger partial charge in [-0.2, -0.15) is 0 Å². The number of nitrogens with zero attached hydrogens (tertiary/aromatic N) is 2. The van der Waals surface area contributed by atoms with E-state index in [-0.39, 0.29) is 5.56 Å². The highest BCUT2D eigenvalue weighted by molar-refractivity contribution is 7.22. The van der Waals surface area contributed by atoms with Gasteiger partial charge in [0.15, 0.2) is 0 Å². The van der Waals surface area contributed by atoms with Gasteiger partial charge in [-0.1, -0.05) is 30.7 Å². The molecule has 5 heteroatoms. The number of thiophene rings is 1. The summed E-state index contributed by atoms with van der Waals surface area (Å²) in [4.78, 5) is 17.7. The van der Waals surface area contributed by atoms with Crippen molar-refractivity contribution < 1.29 is 0 Å². The first-order chi connectivity index (χ1) is 9.69. The van der Waals surface area contributed by atoms with Gasteiger partial charge in [0.05, 0.1) is 11.8 Å². The Balaban J connectivity index is 2.13. The minimum absolute atomic E-state index is 0.0436. The minimum atomic E-state index is 0.0436. The van der Waals surface area contributed by atoms with Crippen LogP contribution in [0.1, 0.15) is 13.3 Å². The predicted octanol–water partition coefficient (Wildman–Crippen LogP) is 4.19. The van der Waals surface area contributed by atoms with Crippen LogP contribution in [0.3, 0.4) is 0 Å². The third-order valence-electron chi connectivity index (χ3n) is 3.10. The molecule has 0 saturated carbocycles. The van der Waals surface area contributed by atoms with Crippen LogP contribution >= 0.6 is 22.9 Å². The van der Waals surface area contributed by atoms with Crippen LogP contribution in [0.15, 0.2) is 41.5 Å². The van der Waals surface area contributed by atoms with E-state index in [4.69, 9.17) is 11.6 Å². The number of benzene rings is 1. The van der Waals surface area contributed by atoms with Crippen LogP contribution in [0.2, 0.25) is 5.02 Å². The summed E-state index contributed by atoms with van der Waals surface area (Å²) in [6.45, 7) is 2.75. The minimum Gasteiger partial charge on any atom is -0.298 e. The summed E-state index contributed by atoms with van der Waals surface area (Å²) in [5, 5.41) is 0.707. The standard InChI is InChI=1S/C15H13ClN2OS/c1-2-7-18-9-17-12-8-13(20-14(12)15(18)19)10-3-5-11(16)6-4-10/h3-6,8-9H,2,7H2,1H3. The lowest BCUT2D eigenvalue weighted by Gasteiger charge is -2.00. The van der Waals surface area contributed by atoms with Gasteiger partial charge in [0, 0.05) is 16.4 Å². The molecule has 0 aliphatic heterocycles. The highest BCUT2D eigenvalue weighted by atomic mass is 35.5. The number of hydrogen-bond acceptors (Lipinski definition) is 3. The first-order valence-electron chi connectivity index (χ1n) is 6.44. The number of halogens is 1. The van der Waals surface area contributed by atoms with E-state index in [1.807, 2.05) is 37.3 Å². The molecule has 102 valence electrons. The van der Waals surface area contributed by atoms with Crippen LogP contribution in [0.4, 0.5) is 0 Å². The van der Waals surface area contributed by atoms with Crippen LogP contribution < -0.4 is 5.56 Å². The Hall–Kier alpha value is -1.65. The van der Waals surface area contributed by atoms with Gasteiger partial charge < -0.3 is 0 Å². The molecule has 3 nitrogen and oxygen atoms in total. The van der Waals surface area contributed by atoms with Crippen molar-refractivity contribution in [1.29, 1.82) is 0 Å². The molecule has 0 radical (unpaired) electrons. The number of hydrogen-bond donors (Lipinski definition) is 0. The molecule has 0 spiro atoms. The van der Waals surface area contributed by atoms with Crippen LogP contribution in [0.25, 0.3) is 20.7 Å². The molecule has 20 heavy (non-hydrogen) atoms. The van der Waals surface area contributed by atoms with E-state index in [0.717, 1.165) is 22.4 Å². The van der Waals surface area contributed by atoms with Gasteiger partial charge in [0.2, 0.25) is 0 Å². The van der Waals surface area contributed by atoms with Crippen LogP contribution in [0, 0.1) is 0 Å². The second-order valence-electron chi connectivity index (χ2n) is 4.58. The maximum Gasteiger partial charge on any atom is 0.271 e. The summed E-state index contributed by atoms with van der Waals surface area (Å²) >= 11 is 7.38. The quantitative estimate of drug-likeness (QED) is 0.727. The molecule has 0 bridgehead atoms. The summed E-state index contributed by atoms with van der Waals surface area (Å²) in [5.74, 6) is 0. The molecular weight excluding hydrogens is 292 g/mol. The summed E-state index contributed by atoms with van der Waals surface area (Å²) < 4.78 is 2.38. The molecule has 1 aromatic carbocycles. The predicted molar refractivity (Wildman–Crippen MR) is 84.6 cm³/mol. The molecule has 0 N–H and O–H groups in total. The fourth-order valence-corrected chi connectivity index (χ4v) is 3.29. The fraction of sp³-hybridized carbons (Fsp3) is 0.200. The van der Waals surface area contributed by atoms with Crippen LogP contribution in [-0.2, 0) is 6.54 Å². The van der Waals surface area contributed by atoms with Crippen molar-refractivity contribution in [3.8, 4) is 10.4 Å². The first kappa shape index (κ1) is 13.3. The lowest BCUT2D eigenvalue weighted by molar-refractivity contribution is 0.648. The zero-order chi connectivity index (χ0) is 14.1. The van der Waals surface area contributed by atoms with E-state index in [0.29, 0.717) is 16.3 Å². The Morgan fingerprint density at radius 2 is 2.05 bits per heavy atom. The van der Waals surface area contributed by atoms with Gasteiger partial charge in [0.1, 0.15) is 4.70 Å². The summed E-state index contributed by atoms with van der Waals surface area (Å²) in [7, 11) is 0. The molecule has 2 aromatic heterocycles. The Kier molecular flexibility index (Phi) is 3.59. The van der Waals surface area contributed by atoms with E-state index in [1.54, 1.807) is 10.9 Å². The van der Waals surface area contributed by atoms with Crippen LogP contribution in [0.5, 0.6) is 0 Å². The number of aryl methyl sites for hydroxylation is 1. The lowest BCUT2D eigenvalue weighted by atomic mass is 10.2. The Morgan fingerprint density at radius 1 is 1.30 bits per heavy atom. The summed E-state index contributed by atoms with van der Waals surface area (Å²) in [5.41, 5.74) is 1.86. The smallest absolute Gasteiger partial charge is 0.271 e. The van der Waals surface area contributed by atoms with Crippen molar-refractivity contribution in [1.82, 2.24) is 9.55 Å². The maximum absolute atomic E-state index is 12.3. The molecule has 0 unspecified atom stereocenters. The van der Waals surface area contributed by atoms with Crippen molar-refractivity contribution in [2.75, 3.05) is 0 Å². The van der Waals surface area contributed by atoms with Gasteiger partial charge >= 0.3 is 0 Å². The Morgan fingerprint density at radius 3 is 2.75 bits per heavy atom. The second-order valence-corrected chi connectivity index (χ2v) is 6.06. The molecule has 0 aliphatic rings. The Bertz CT molecular complexity index is 805. The zero-order valence-corrected chi connectivity index (χ0v) is 12.5. The molecular formula is C15H13ClN2OS. The largest absolute Gasteiger partial charge is 0.298 e. The lowest BCUT2D eigenvalue weighted by Crippen LogP contribution is -2.19. The van der Waals surface area contributed by atoms with E-state index in [9.17, 15) is 4.79 Å².